The van der Waals surface area contributed by atoms with Crippen LogP contribution in [0, 0.1) is 5.92 Å². The number of hydrogen-bond acceptors (Lipinski definition) is 3. The highest BCUT2D eigenvalue weighted by Crippen LogP contribution is 2.30. The summed E-state index contributed by atoms with van der Waals surface area (Å²) in [5.41, 5.74) is 0. The average Bonchev–Trinajstić information content (AvgIpc) is 3.12. The molecule has 0 N–H and O–H groups in total. The molecular weight excluding hydrogens is 192 g/mol. The topological polar surface area (TPSA) is 37.6 Å². The van der Waals surface area contributed by atoms with Crippen molar-refractivity contribution < 1.29 is 14.2 Å². The lowest BCUT2D eigenvalue weighted by Crippen LogP contribution is -2.07. The van der Waals surface area contributed by atoms with E-state index in [1.165, 1.54) is 32.1 Å². The van der Waals surface area contributed by atoms with E-state index in [2.05, 4.69) is 0 Å². The van der Waals surface area contributed by atoms with Gasteiger partial charge >= 0.3 is 0 Å². The zero-order chi connectivity index (χ0) is 10.1. The van der Waals surface area contributed by atoms with Gasteiger partial charge in [-0.1, -0.05) is 0 Å². The van der Waals surface area contributed by atoms with Gasteiger partial charge in [-0.05, 0) is 38.0 Å². The smallest absolute Gasteiger partial charge is 0.0812 e. The van der Waals surface area contributed by atoms with Crippen molar-refractivity contribution in [2.75, 3.05) is 19.8 Å². The average molecular weight is 212 g/mol. The Bertz CT molecular complexity index is 191. The van der Waals surface area contributed by atoms with Gasteiger partial charge in [-0.2, -0.15) is 0 Å². The van der Waals surface area contributed by atoms with E-state index in [1.54, 1.807) is 0 Å². The van der Waals surface area contributed by atoms with Gasteiger partial charge in [-0.15, -0.1) is 0 Å². The molecule has 3 rings (SSSR count). The van der Waals surface area contributed by atoms with Gasteiger partial charge < -0.3 is 14.2 Å². The van der Waals surface area contributed by atoms with Crippen LogP contribution in [0.25, 0.3) is 0 Å². The van der Waals surface area contributed by atoms with Crippen molar-refractivity contribution in [1.29, 1.82) is 0 Å². The number of epoxide rings is 3. The third-order valence-corrected chi connectivity index (χ3v) is 3.60. The summed E-state index contributed by atoms with van der Waals surface area (Å²) in [7, 11) is 0. The minimum Gasteiger partial charge on any atom is -0.373 e. The van der Waals surface area contributed by atoms with Crippen molar-refractivity contribution in [1.82, 2.24) is 0 Å². The summed E-state index contributed by atoms with van der Waals surface area (Å²) in [4.78, 5) is 0. The summed E-state index contributed by atoms with van der Waals surface area (Å²) in [5, 5.41) is 0. The van der Waals surface area contributed by atoms with E-state index in [0.29, 0.717) is 18.3 Å². The summed E-state index contributed by atoms with van der Waals surface area (Å²) in [6, 6.07) is 0. The molecule has 0 bridgehead atoms. The standard InChI is InChI=1S/C12H20O3/c1(3-10-6-13-10)9(5-12-8-15-12)2-4-11-7-14-11/h9-12H,1-8H2. The minimum absolute atomic E-state index is 0.579. The molecule has 3 nitrogen and oxygen atoms in total. The van der Waals surface area contributed by atoms with E-state index in [1.807, 2.05) is 0 Å². The van der Waals surface area contributed by atoms with Crippen molar-refractivity contribution >= 4 is 0 Å². The predicted octanol–water partition coefficient (Wildman–Crippen LogP) is 1.75. The van der Waals surface area contributed by atoms with Gasteiger partial charge in [0.2, 0.25) is 0 Å². The molecule has 86 valence electrons. The molecular formula is C12H20O3. The molecule has 0 saturated carbocycles. The first kappa shape index (κ1) is 10.1. The fourth-order valence-corrected chi connectivity index (χ4v) is 2.27. The maximum atomic E-state index is 5.32. The molecule has 3 aliphatic heterocycles. The molecule has 3 fully saturated rings. The molecule has 0 aromatic rings. The van der Waals surface area contributed by atoms with E-state index in [9.17, 15) is 0 Å². The van der Waals surface area contributed by atoms with Crippen LogP contribution in [0.2, 0.25) is 0 Å². The van der Waals surface area contributed by atoms with Crippen LogP contribution in [0.4, 0.5) is 0 Å². The molecule has 3 unspecified atom stereocenters. The van der Waals surface area contributed by atoms with E-state index >= 15 is 0 Å². The van der Waals surface area contributed by atoms with Crippen LogP contribution in [0.3, 0.4) is 0 Å². The van der Waals surface area contributed by atoms with Crippen LogP contribution in [0.15, 0.2) is 0 Å². The third kappa shape index (κ3) is 3.74. The molecule has 3 saturated heterocycles. The summed E-state index contributed by atoms with van der Waals surface area (Å²) >= 11 is 0. The van der Waals surface area contributed by atoms with E-state index in [0.717, 1.165) is 25.7 Å². The van der Waals surface area contributed by atoms with Gasteiger partial charge in [-0.25, -0.2) is 0 Å². The Balaban J connectivity index is 1.35. The molecule has 0 spiro atoms. The lowest BCUT2D eigenvalue weighted by molar-refractivity contribution is 0.294. The Morgan fingerprint density at radius 1 is 0.800 bits per heavy atom. The molecule has 3 aliphatic rings. The summed E-state index contributed by atoms with van der Waals surface area (Å²) in [6.45, 7) is 2.99. The van der Waals surface area contributed by atoms with Crippen LogP contribution < -0.4 is 0 Å². The Kier molecular flexibility index (Phi) is 2.95. The van der Waals surface area contributed by atoms with E-state index in [4.69, 9.17) is 14.2 Å². The normalized spacial score (nSPS) is 38.8. The van der Waals surface area contributed by atoms with Crippen molar-refractivity contribution in [3.8, 4) is 0 Å². The quantitative estimate of drug-likeness (QED) is 0.575. The van der Waals surface area contributed by atoms with Gasteiger partial charge in [0.05, 0.1) is 38.1 Å². The first-order valence-electron chi connectivity index (χ1n) is 6.25. The van der Waals surface area contributed by atoms with Crippen molar-refractivity contribution in [2.45, 2.75) is 50.4 Å². The molecule has 3 atom stereocenters. The van der Waals surface area contributed by atoms with Crippen LogP contribution in [-0.4, -0.2) is 38.1 Å². The highest BCUT2D eigenvalue weighted by atomic mass is 16.6. The van der Waals surface area contributed by atoms with Gasteiger partial charge in [-0.3, -0.25) is 0 Å². The Morgan fingerprint density at radius 2 is 1.27 bits per heavy atom. The van der Waals surface area contributed by atoms with Crippen LogP contribution in [-0.2, 0) is 14.2 Å². The highest BCUT2D eigenvalue weighted by molar-refractivity contribution is 4.79. The van der Waals surface area contributed by atoms with Gasteiger partial charge in [0.1, 0.15) is 0 Å². The molecule has 0 radical (unpaired) electrons. The first-order chi connectivity index (χ1) is 7.40. The molecule has 0 amide bonds. The lowest BCUT2D eigenvalue weighted by atomic mass is 9.91. The van der Waals surface area contributed by atoms with Gasteiger partial charge in [0, 0.05) is 0 Å². The van der Waals surface area contributed by atoms with E-state index < -0.39 is 0 Å². The zero-order valence-corrected chi connectivity index (χ0v) is 9.19. The second-order valence-corrected chi connectivity index (χ2v) is 5.12. The van der Waals surface area contributed by atoms with Gasteiger partial charge in [0.25, 0.3) is 0 Å². The molecule has 0 aromatic heterocycles. The Morgan fingerprint density at radius 3 is 1.67 bits per heavy atom. The van der Waals surface area contributed by atoms with Crippen LogP contribution in [0.1, 0.15) is 32.1 Å². The predicted molar refractivity (Wildman–Crippen MR) is 55.8 cm³/mol. The highest BCUT2D eigenvalue weighted by Gasteiger charge is 2.30. The Hall–Kier alpha value is -0.120. The molecule has 0 aromatic carbocycles. The molecule has 15 heavy (non-hydrogen) atoms. The molecule has 3 heteroatoms. The second kappa shape index (κ2) is 4.40. The van der Waals surface area contributed by atoms with Crippen molar-refractivity contribution in [3.05, 3.63) is 0 Å². The minimum atomic E-state index is 0.579. The fourth-order valence-electron chi connectivity index (χ4n) is 2.27. The first-order valence-corrected chi connectivity index (χ1v) is 6.25. The lowest BCUT2D eigenvalue weighted by Gasteiger charge is -2.14. The number of ether oxygens (including phenoxy) is 3. The van der Waals surface area contributed by atoms with Crippen LogP contribution >= 0.6 is 0 Å². The maximum absolute atomic E-state index is 5.32. The monoisotopic (exact) mass is 212 g/mol. The Labute approximate surface area is 91.1 Å². The molecule has 3 heterocycles. The number of rotatable bonds is 8. The maximum Gasteiger partial charge on any atom is 0.0812 e. The SMILES string of the molecule is C(CC1CO1)C(CCC1CO1)CC1CO1. The zero-order valence-electron chi connectivity index (χ0n) is 9.19. The summed E-state index contributed by atoms with van der Waals surface area (Å²) < 4.78 is 15.8. The summed E-state index contributed by atoms with van der Waals surface area (Å²) in [6.07, 6.45) is 8.16. The largest absolute Gasteiger partial charge is 0.373 e. The van der Waals surface area contributed by atoms with Crippen LogP contribution in [0.5, 0.6) is 0 Å². The molecule has 0 aliphatic carbocycles. The van der Waals surface area contributed by atoms with Crippen molar-refractivity contribution in [2.24, 2.45) is 5.92 Å². The second-order valence-electron chi connectivity index (χ2n) is 5.12. The van der Waals surface area contributed by atoms with Crippen molar-refractivity contribution in [3.63, 3.8) is 0 Å². The number of hydrogen-bond donors (Lipinski definition) is 0. The third-order valence-electron chi connectivity index (χ3n) is 3.60. The fraction of sp³-hybridized carbons (Fsp3) is 1.00. The van der Waals surface area contributed by atoms with Gasteiger partial charge in [0.15, 0.2) is 0 Å². The summed E-state index contributed by atoms with van der Waals surface area (Å²) in [5.74, 6) is 0.839. The van der Waals surface area contributed by atoms with E-state index in [-0.39, 0.29) is 0 Å².